The average molecular weight is 448 g/mol. The summed E-state index contributed by atoms with van der Waals surface area (Å²) in [5.74, 6) is -0.316. The number of nitrogens with zero attached hydrogens (tertiary/aromatic N) is 1. The lowest BCUT2D eigenvalue weighted by Gasteiger charge is -2.21. The van der Waals surface area contributed by atoms with E-state index in [9.17, 15) is 18.0 Å². The maximum atomic E-state index is 13.0. The van der Waals surface area contributed by atoms with E-state index in [1.165, 1.54) is 38.4 Å². The van der Waals surface area contributed by atoms with Crippen LogP contribution in [0.4, 0.5) is 5.69 Å². The summed E-state index contributed by atoms with van der Waals surface area (Å²) in [6.45, 7) is 5.43. The van der Waals surface area contributed by atoms with E-state index in [1.54, 1.807) is 31.2 Å². The van der Waals surface area contributed by atoms with Crippen molar-refractivity contribution in [2.75, 3.05) is 18.5 Å². The standard InChI is InChI=1S/C22H29N3O5S/c1-6-15(2)23-21(26)16(3)24-22(27)17-11-13-18(14-12-17)31(28,29)25(4)19-9-7-8-10-20(19)30-5/h7-16H,6H2,1-5H3,(H,23,26)(H,24,27). The molecule has 0 saturated heterocycles. The minimum Gasteiger partial charge on any atom is -0.495 e. The van der Waals surface area contributed by atoms with Crippen molar-refractivity contribution >= 4 is 27.5 Å². The molecule has 31 heavy (non-hydrogen) atoms. The summed E-state index contributed by atoms with van der Waals surface area (Å²) in [6, 6.07) is 11.6. The Kier molecular flexibility index (Phi) is 8.04. The van der Waals surface area contributed by atoms with Gasteiger partial charge in [-0.05, 0) is 56.7 Å². The minimum atomic E-state index is -3.86. The molecule has 0 aliphatic heterocycles. The number of hydrogen-bond acceptors (Lipinski definition) is 5. The predicted molar refractivity (Wildman–Crippen MR) is 120 cm³/mol. The molecule has 0 saturated carbocycles. The van der Waals surface area contributed by atoms with Crippen LogP contribution in [0.15, 0.2) is 53.4 Å². The lowest BCUT2D eigenvalue weighted by Crippen LogP contribution is -2.47. The number of para-hydroxylation sites is 2. The zero-order chi connectivity index (χ0) is 23.2. The van der Waals surface area contributed by atoms with Crippen molar-refractivity contribution in [2.45, 2.75) is 44.2 Å². The van der Waals surface area contributed by atoms with Gasteiger partial charge in [-0.15, -0.1) is 0 Å². The molecule has 0 spiro atoms. The number of amides is 2. The smallest absolute Gasteiger partial charge is 0.264 e. The molecule has 2 aromatic rings. The van der Waals surface area contributed by atoms with E-state index in [1.807, 2.05) is 13.8 Å². The van der Waals surface area contributed by atoms with Crippen molar-refractivity contribution in [3.8, 4) is 5.75 Å². The highest BCUT2D eigenvalue weighted by Crippen LogP contribution is 2.30. The zero-order valence-corrected chi connectivity index (χ0v) is 19.2. The van der Waals surface area contributed by atoms with Crippen LogP contribution in [0.5, 0.6) is 5.75 Å². The number of rotatable bonds is 9. The van der Waals surface area contributed by atoms with Crippen LogP contribution in [0.2, 0.25) is 0 Å². The van der Waals surface area contributed by atoms with E-state index in [0.29, 0.717) is 11.4 Å². The van der Waals surface area contributed by atoms with E-state index in [2.05, 4.69) is 10.6 Å². The Morgan fingerprint density at radius 1 is 1.03 bits per heavy atom. The SMILES string of the molecule is CCC(C)NC(=O)C(C)NC(=O)c1ccc(S(=O)(=O)N(C)c2ccccc2OC)cc1. The number of methoxy groups -OCH3 is 1. The van der Waals surface area contributed by atoms with E-state index in [0.717, 1.165) is 10.7 Å². The van der Waals surface area contributed by atoms with E-state index in [4.69, 9.17) is 4.74 Å². The molecule has 0 radical (unpaired) electrons. The Morgan fingerprint density at radius 3 is 2.23 bits per heavy atom. The van der Waals surface area contributed by atoms with Crippen LogP contribution >= 0.6 is 0 Å². The highest BCUT2D eigenvalue weighted by Gasteiger charge is 2.24. The van der Waals surface area contributed by atoms with Gasteiger partial charge in [0.15, 0.2) is 0 Å². The van der Waals surface area contributed by atoms with Gasteiger partial charge in [-0.3, -0.25) is 13.9 Å². The van der Waals surface area contributed by atoms with Gasteiger partial charge in [-0.25, -0.2) is 8.42 Å². The highest BCUT2D eigenvalue weighted by atomic mass is 32.2. The Morgan fingerprint density at radius 2 is 1.65 bits per heavy atom. The number of carbonyl (C=O) groups excluding carboxylic acids is 2. The molecule has 0 fully saturated rings. The van der Waals surface area contributed by atoms with Gasteiger partial charge >= 0.3 is 0 Å². The summed E-state index contributed by atoms with van der Waals surface area (Å²) in [4.78, 5) is 24.6. The molecule has 2 atom stereocenters. The first-order valence-electron chi connectivity index (χ1n) is 9.95. The van der Waals surface area contributed by atoms with Gasteiger partial charge in [0.2, 0.25) is 5.91 Å². The van der Waals surface area contributed by atoms with Crippen LogP contribution < -0.4 is 19.7 Å². The summed E-state index contributed by atoms with van der Waals surface area (Å²) in [5, 5.41) is 5.42. The zero-order valence-electron chi connectivity index (χ0n) is 18.4. The summed E-state index contributed by atoms with van der Waals surface area (Å²) >= 11 is 0. The van der Waals surface area contributed by atoms with Crippen LogP contribution in [-0.2, 0) is 14.8 Å². The average Bonchev–Trinajstić information content (AvgIpc) is 2.78. The van der Waals surface area contributed by atoms with Gasteiger partial charge in [0, 0.05) is 18.7 Å². The van der Waals surface area contributed by atoms with Crippen molar-refractivity contribution < 1.29 is 22.7 Å². The predicted octanol–water partition coefficient (Wildman–Crippen LogP) is 2.55. The molecule has 8 nitrogen and oxygen atoms in total. The third-order valence-corrected chi connectivity index (χ3v) is 6.73. The fourth-order valence-corrected chi connectivity index (χ4v) is 3.98. The monoisotopic (exact) mass is 447 g/mol. The van der Waals surface area contributed by atoms with Crippen LogP contribution in [0, 0.1) is 0 Å². The van der Waals surface area contributed by atoms with Crippen LogP contribution in [0.3, 0.4) is 0 Å². The first-order chi connectivity index (χ1) is 14.6. The van der Waals surface area contributed by atoms with Gasteiger partial charge < -0.3 is 15.4 Å². The maximum absolute atomic E-state index is 13.0. The molecule has 0 aliphatic rings. The third-order valence-electron chi connectivity index (χ3n) is 4.94. The molecule has 2 N–H and O–H groups in total. The second-order valence-electron chi connectivity index (χ2n) is 7.18. The first-order valence-corrected chi connectivity index (χ1v) is 11.4. The van der Waals surface area contributed by atoms with Crippen molar-refractivity contribution in [1.29, 1.82) is 0 Å². The number of carbonyl (C=O) groups is 2. The molecule has 0 aliphatic carbocycles. The van der Waals surface area contributed by atoms with Gasteiger partial charge in [0.25, 0.3) is 15.9 Å². The van der Waals surface area contributed by atoms with Crippen LogP contribution in [-0.4, -0.2) is 46.5 Å². The summed E-state index contributed by atoms with van der Waals surface area (Å²) < 4.78 is 32.4. The molecule has 2 rings (SSSR count). The highest BCUT2D eigenvalue weighted by molar-refractivity contribution is 7.92. The fourth-order valence-electron chi connectivity index (χ4n) is 2.77. The number of ether oxygens (including phenoxy) is 1. The molecule has 168 valence electrons. The van der Waals surface area contributed by atoms with Gasteiger partial charge in [-0.1, -0.05) is 19.1 Å². The van der Waals surface area contributed by atoms with Gasteiger partial charge in [-0.2, -0.15) is 0 Å². The number of hydrogen-bond donors (Lipinski definition) is 2. The van der Waals surface area contributed by atoms with Gasteiger partial charge in [0.05, 0.1) is 17.7 Å². The van der Waals surface area contributed by atoms with Crippen molar-refractivity contribution in [3.05, 3.63) is 54.1 Å². The van der Waals surface area contributed by atoms with Gasteiger partial charge in [0.1, 0.15) is 11.8 Å². The van der Waals surface area contributed by atoms with E-state index < -0.39 is 22.0 Å². The maximum Gasteiger partial charge on any atom is 0.264 e. The Bertz CT molecular complexity index is 1020. The molecule has 0 aromatic heterocycles. The first kappa shape index (κ1) is 24.2. The number of anilines is 1. The normalized spacial score (nSPS) is 13.1. The molecule has 2 unspecified atom stereocenters. The minimum absolute atomic E-state index is 0.0107. The fraction of sp³-hybridized carbons (Fsp3) is 0.364. The molecule has 2 aromatic carbocycles. The number of nitrogens with one attached hydrogen (secondary N) is 2. The molecule has 9 heteroatoms. The van der Waals surface area contributed by atoms with Crippen molar-refractivity contribution in [3.63, 3.8) is 0 Å². The van der Waals surface area contributed by atoms with Crippen molar-refractivity contribution in [2.24, 2.45) is 0 Å². The second-order valence-corrected chi connectivity index (χ2v) is 9.15. The van der Waals surface area contributed by atoms with Crippen LogP contribution in [0.1, 0.15) is 37.6 Å². The summed E-state index contributed by atoms with van der Waals surface area (Å²) in [5.41, 5.74) is 0.648. The Labute approximate surface area is 183 Å². The topological polar surface area (TPSA) is 105 Å². The Hall–Kier alpha value is -3.07. The summed E-state index contributed by atoms with van der Waals surface area (Å²) in [7, 11) is -0.957. The van der Waals surface area contributed by atoms with Crippen molar-refractivity contribution in [1.82, 2.24) is 10.6 Å². The lowest BCUT2D eigenvalue weighted by molar-refractivity contribution is -0.123. The molecular weight excluding hydrogens is 418 g/mol. The van der Waals surface area contributed by atoms with E-state index in [-0.39, 0.29) is 22.4 Å². The lowest BCUT2D eigenvalue weighted by atomic mass is 10.2. The Balaban J connectivity index is 2.15. The molecule has 2 amide bonds. The summed E-state index contributed by atoms with van der Waals surface area (Å²) in [6.07, 6.45) is 0.783. The molecular formula is C22H29N3O5S. The molecule has 0 heterocycles. The molecule has 0 bridgehead atoms. The third kappa shape index (κ3) is 5.75. The quantitative estimate of drug-likeness (QED) is 0.615. The number of sulfonamides is 1. The second kappa shape index (κ2) is 10.3. The van der Waals surface area contributed by atoms with Crippen LogP contribution in [0.25, 0.3) is 0 Å². The van der Waals surface area contributed by atoms with E-state index >= 15 is 0 Å². The number of benzene rings is 2. The largest absolute Gasteiger partial charge is 0.495 e.